The van der Waals surface area contributed by atoms with E-state index in [9.17, 15) is 14.4 Å². The topological polar surface area (TPSA) is 143 Å². The van der Waals surface area contributed by atoms with Crippen molar-refractivity contribution in [2.24, 2.45) is 17.4 Å². The van der Waals surface area contributed by atoms with Crippen LogP contribution in [0.25, 0.3) is 5.70 Å². The highest BCUT2D eigenvalue weighted by molar-refractivity contribution is 5.89. The molecule has 1 aliphatic heterocycles. The summed E-state index contributed by atoms with van der Waals surface area (Å²) in [5.41, 5.74) is 11.7. The Labute approximate surface area is 243 Å². The summed E-state index contributed by atoms with van der Waals surface area (Å²) in [5.74, 6) is 0.675. The van der Waals surface area contributed by atoms with Crippen LogP contribution in [0.1, 0.15) is 65.7 Å². The predicted molar refractivity (Wildman–Crippen MR) is 160 cm³/mol. The highest BCUT2D eigenvalue weighted by atomic mass is 35.5. The Balaban J connectivity index is 0.00000441. The number of hydrogen-bond donors (Lipinski definition) is 3. The number of nitrogens with zero attached hydrogens (tertiary/aromatic N) is 5. The Bertz CT molecular complexity index is 1100. The molecular weight excluding hydrogens is 532 g/mol. The van der Waals surface area contributed by atoms with E-state index in [1.54, 1.807) is 40.5 Å². The van der Waals surface area contributed by atoms with Gasteiger partial charge in [0.05, 0.1) is 5.54 Å². The Morgan fingerprint density at radius 3 is 2.30 bits per heavy atom. The van der Waals surface area contributed by atoms with Gasteiger partial charge in [-0.2, -0.15) is 4.98 Å². The standard InChI is InChI=1S/C28H46N8O3.ClH/c1-4-33(22-11-7-21(29)8-12-22)19-20-5-9-23(10-6-20)36-14-13-24(32-27(36)39)31-26(38)35-17-15-34(16-18-35)25(37)28(2,3)30;/h9,13-14,20-22H,4-8,10-12,15-19,29-30H2,1-3H3,(H,31,32,38,39);1H/t20?,21-,22-;. The summed E-state index contributed by atoms with van der Waals surface area (Å²) in [6.45, 7) is 9.37. The zero-order valence-electron chi connectivity index (χ0n) is 24.2. The van der Waals surface area contributed by atoms with Crippen LogP contribution in [0.15, 0.2) is 23.1 Å². The van der Waals surface area contributed by atoms with Crippen molar-refractivity contribution in [1.29, 1.82) is 0 Å². The number of hydrogen-bond acceptors (Lipinski definition) is 7. The Morgan fingerprint density at radius 2 is 1.75 bits per heavy atom. The second-order valence-electron chi connectivity index (χ2n) is 11.9. The van der Waals surface area contributed by atoms with E-state index in [1.165, 1.54) is 12.8 Å². The molecule has 224 valence electrons. The average molecular weight is 579 g/mol. The van der Waals surface area contributed by atoms with E-state index in [-0.39, 0.29) is 30.2 Å². The molecule has 1 saturated heterocycles. The number of allylic oxidation sites excluding steroid dienone is 2. The fourth-order valence-corrected chi connectivity index (χ4v) is 5.99. The maximum Gasteiger partial charge on any atom is 0.353 e. The molecule has 2 aliphatic carbocycles. The van der Waals surface area contributed by atoms with Crippen LogP contribution in [0.5, 0.6) is 0 Å². The average Bonchev–Trinajstić information content (AvgIpc) is 2.92. The lowest BCUT2D eigenvalue weighted by Gasteiger charge is -2.38. The summed E-state index contributed by atoms with van der Waals surface area (Å²) in [6.07, 6.45) is 11.3. The second-order valence-corrected chi connectivity index (χ2v) is 11.9. The second kappa shape index (κ2) is 13.9. The van der Waals surface area contributed by atoms with E-state index in [0.29, 0.717) is 44.2 Å². The number of piperazine rings is 1. The van der Waals surface area contributed by atoms with Gasteiger partial charge >= 0.3 is 11.7 Å². The maximum atomic E-state index is 12.8. The van der Waals surface area contributed by atoms with E-state index in [0.717, 1.165) is 50.9 Å². The molecule has 0 radical (unpaired) electrons. The Hall–Kier alpha value is -2.47. The van der Waals surface area contributed by atoms with E-state index in [4.69, 9.17) is 11.5 Å². The number of anilines is 1. The summed E-state index contributed by atoms with van der Waals surface area (Å²) in [4.78, 5) is 48.0. The fraction of sp³-hybridized carbons (Fsp3) is 0.714. The number of urea groups is 1. The third-order valence-corrected chi connectivity index (χ3v) is 8.41. The van der Waals surface area contributed by atoms with Crippen LogP contribution >= 0.6 is 12.4 Å². The van der Waals surface area contributed by atoms with Crippen molar-refractivity contribution in [3.05, 3.63) is 28.8 Å². The molecule has 5 N–H and O–H groups in total. The lowest BCUT2D eigenvalue weighted by Crippen LogP contribution is -2.58. The smallest absolute Gasteiger partial charge is 0.338 e. The minimum Gasteiger partial charge on any atom is -0.338 e. The summed E-state index contributed by atoms with van der Waals surface area (Å²) < 4.78 is 1.59. The maximum absolute atomic E-state index is 12.8. The van der Waals surface area contributed by atoms with Crippen molar-refractivity contribution < 1.29 is 9.59 Å². The number of rotatable bonds is 7. The minimum absolute atomic E-state index is 0. The molecular formula is C28H47ClN8O3. The van der Waals surface area contributed by atoms with Crippen LogP contribution < -0.4 is 22.5 Å². The van der Waals surface area contributed by atoms with Crippen LogP contribution in [-0.4, -0.2) is 93.1 Å². The molecule has 0 spiro atoms. The van der Waals surface area contributed by atoms with Crippen molar-refractivity contribution in [3.63, 3.8) is 0 Å². The van der Waals surface area contributed by atoms with Gasteiger partial charge < -0.3 is 26.2 Å². The van der Waals surface area contributed by atoms with Gasteiger partial charge in [-0.05, 0) is 77.3 Å². The van der Waals surface area contributed by atoms with Crippen molar-refractivity contribution in [2.75, 3.05) is 44.6 Å². The number of nitrogens with one attached hydrogen (secondary N) is 1. The van der Waals surface area contributed by atoms with Crippen LogP contribution in [0.4, 0.5) is 10.6 Å². The molecule has 3 aliphatic rings. The highest BCUT2D eigenvalue weighted by Gasteiger charge is 2.31. The van der Waals surface area contributed by atoms with Crippen LogP contribution in [0.3, 0.4) is 0 Å². The summed E-state index contributed by atoms with van der Waals surface area (Å²) in [7, 11) is 0. The van der Waals surface area contributed by atoms with Crippen molar-refractivity contribution >= 4 is 35.9 Å². The van der Waals surface area contributed by atoms with E-state index in [1.807, 2.05) is 0 Å². The van der Waals surface area contributed by atoms with Crippen molar-refractivity contribution in [1.82, 2.24) is 24.3 Å². The van der Waals surface area contributed by atoms with Gasteiger partial charge in [-0.1, -0.05) is 13.0 Å². The first-order chi connectivity index (χ1) is 18.5. The molecule has 12 heteroatoms. The first-order valence-corrected chi connectivity index (χ1v) is 14.5. The zero-order valence-corrected chi connectivity index (χ0v) is 25.0. The van der Waals surface area contributed by atoms with Crippen LogP contribution in [0, 0.1) is 5.92 Å². The SMILES string of the molecule is CCN(CC1CC=C(n2ccc(NC(=O)N3CCN(C(=O)C(C)(C)N)CC3)nc2=O)CC1)[C@H]1CC[C@H](N)CC1.Cl. The minimum atomic E-state index is -0.938. The van der Waals surface area contributed by atoms with Gasteiger partial charge in [0.25, 0.3) is 0 Å². The number of aromatic nitrogens is 2. The molecule has 40 heavy (non-hydrogen) atoms. The van der Waals surface area contributed by atoms with E-state index < -0.39 is 11.2 Å². The molecule has 4 rings (SSSR count). The van der Waals surface area contributed by atoms with Crippen LogP contribution in [0.2, 0.25) is 0 Å². The third-order valence-electron chi connectivity index (χ3n) is 8.41. The molecule has 1 saturated carbocycles. The number of carbonyl (C=O) groups excluding carboxylic acids is 2. The normalized spacial score (nSPS) is 23.9. The molecule has 1 aromatic heterocycles. The summed E-state index contributed by atoms with van der Waals surface area (Å²) in [6, 6.07) is 2.33. The molecule has 3 amide bonds. The molecule has 1 unspecified atom stereocenters. The van der Waals surface area contributed by atoms with Gasteiger partial charge in [0, 0.05) is 56.7 Å². The summed E-state index contributed by atoms with van der Waals surface area (Å²) >= 11 is 0. The van der Waals surface area contributed by atoms with Gasteiger partial charge in [-0.15, -0.1) is 12.4 Å². The fourth-order valence-electron chi connectivity index (χ4n) is 5.99. The molecule has 1 atom stereocenters. The number of carbonyl (C=O) groups is 2. The van der Waals surface area contributed by atoms with Crippen LogP contribution in [-0.2, 0) is 4.79 Å². The van der Waals surface area contributed by atoms with Gasteiger partial charge in [0.2, 0.25) is 5.91 Å². The van der Waals surface area contributed by atoms with E-state index in [2.05, 4.69) is 28.2 Å². The molecule has 1 aromatic rings. The van der Waals surface area contributed by atoms with Gasteiger partial charge in [-0.3, -0.25) is 14.7 Å². The monoisotopic (exact) mass is 578 g/mol. The largest absolute Gasteiger partial charge is 0.353 e. The lowest BCUT2D eigenvalue weighted by molar-refractivity contribution is -0.137. The third kappa shape index (κ3) is 8.05. The molecule has 2 heterocycles. The Morgan fingerprint density at radius 1 is 1.10 bits per heavy atom. The first kappa shape index (κ1) is 32.0. The Kier molecular flexibility index (Phi) is 11.2. The van der Waals surface area contributed by atoms with Gasteiger partial charge in [0.15, 0.2) is 0 Å². The molecule has 2 fully saturated rings. The van der Waals surface area contributed by atoms with Gasteiger partial charge in [0.1, 0.15) is 5.82 Å². The number of halogens is 1. The molecule has 0 bridgehead atoms. The quantitative estimate of drug-likeness (QED) is 0.450. The zero-order chi connectivity index (χ0) is 28.2. The van der Waals surface area contributed by atoms with E-state index >= 15 is 0 Å². The predicted octanol–water partition coefficient (Wildman–Crippen LogP) is 2.31. The first-order valence-electron chi connectivity index (χ1n) is 14.5. The number of nitrogens with two attached hydrogens (primary N) is 2. The number of amides is 3. The lowest BCUT2D eigenvalue weighted by atomic mass is 9.88. The van der Waals surface area contributed by atoms with Crippen molar-refractivity contribution in [3.8, 4) is 0 Å². The molecule has 0 aromatic carbocycles. The molecule has 11 nitrogen and oxygen atoms in total. The summed E-state index contributed by atoms with van der Waals surface area (Å²) in [5, 5.41) is 2.73. The van der Waals surface area contributed by atoms with Crippen molar-refractivity contribution in [2.45, 2.75) is 83.3 Å². The highest BCUT2D eigenvalue weighted by Crippen LogP contribution is 2.29. The van der Waals surface area contributed by atoms with Gasteiger partial charge in [-0.25, -0.2) is 9.59 Å².